The van der Waals surface area contributed by atoms with Crippen LogP contribution in [0.4, 0.5) is 14.5 Å². The number of fused-ring (bicyclic) bond motifs is 1. The summed E-state index contributed by atoms with van der Waals surface area (Å²) in [6.07, 6.45) is 6.83. The summed E-state index contributed by atoms with van der Waals surface area (Å²) in [5.41, 5.74) is 0.626. The molecule has 4 aliphatic carbocycles. The molecule has 1 N–H and O–H groups in total. The molecule has 1 aliphatic heterocycles. The number of ketones is 1. The predicted octanol–water partition coefficient (Wildman–Crippen LogP) is 4.26. The van der Waals surface area contributed by atoms with E-state index in [1.54, 1.807) is 0 Å². The van der Waals surface area contributed by atoms with Gasteiger partial charge in [-0.3, -0.25) is 4.79 Å². The Kier molecular flexibility index (Phi) is 2.76. The zero-order chi connectivity index (χ0) is 15.8. The summed E-state index contributed by atoms with van der Waals surface area (Å²) in [4.78, 5) is 13.4. The molecule has 6 rings (SSSR count). The van der Waals surface area contributed by atoms with E-state index in [1.165, 1.54) is 25.3 Å². The third-order valence-electron chi connectivity index (χ3n) is 6.82. The van der Waals surface area contributed by atoms with Gasteiger partial charge in [0.1, 0.15) is 17.4 Å². The maximum absolute atomic E-state index is 14.3. The molecule has 0 saturated heterocycles. The van der Waals surface area contributed by atoms with Gasteiger partial charge < -0.3 is 5.32 Å². The van der Waals surface area contributed by atoms with E-state index in [0.717, 1.165) is 25.3 Å². The molecule has 0 radical (unpaired) electrons. The van der Waals surface area contributed by atoms with Gasteiger partial charge in [-0.25, -0.2) is 8.78 Å². The van der Waals surface area contributed by atoms with Crippen molar-refractivity contribution in [2.45, 2.75) is 44.4 Å². The minimum atomic E-state index is -0.586. The lowest BCUT2D eigenvalue weighted by Crippen LogP contribution is -2.51. The summed E-state index contributed by atoms with van der Waals surface area (Å²) in [6, 6.07) is 2.22. The van der Waals surface area contributed by atoms with Crippen LogP contribution in [0.5, 0.6) is 0 Å². The van der Waals surface area contributed by atoms with Crippen LogP contribution in [0.3, 0.4) is 0 Å². The number of benzene rings is 1. The van der Waals surface area contributed by atoms with Crippen molar-refractivity contribution in [3.05, 3.63) is 29.3 Å². The molecule has 1 aromatic rings. The largest absolute Gasteiger partial charge is 0.384 e. The molecule has 1 heterocycles. The molecule has 1 atom stereocenters. The molecule has 23 heavy (non-hydrogen) atoms. The van der Waals surface area contributed by atoms with E-state index in [1.807, 2.05) is 0 Å². The third-order valence-corrected chi connectivity index (χ3v) is 6.82. The van der Waals surface area contributed by atoms with Crippen molar-refractivity contribution in [1.82, 2.24) is 0 Å². The van der Waals surface area contributed by atoms with Gasteiger partial charge in [0.25, 0.3) is 0 Å². The van der Waals surface area contributed by atoms with Gasteiger partial charge in [0, 0.05) is 29.3 Å². The molecular formula is C19H21F2NO. The monoisotopic (exact) mass is 317 g/mol. The Morgan fingerprint density at radius 2 is 1.65 bits per heavy atom. The number of hydrogen-bond donors (Lipinski definition) is 1. The minimum Gasteiger partial charge on any atom is -0.384 e. The Labute approximate surface area is 134 Å². The van der Waals surface area contributed by atoms with E-state index < -0.39 is 17.6 Å². The first-order chi connectivity index (χ1) is 11.0. The average molecular weight is 317 g/mol. The Balaban J connectivity index is 1.51. The lowest BCUT2D eigenvalue weighted by molar-refractivity contribution is -0.145. The maximum atomic E-state index is 14.3. The molecule has 4 bridgehead atoms. The van der Waals surface area contributed by atoms with E-state index in [0.29, 0.717) is 35.5 Å². The summed E-state index contributed by atoms with van der Waals surface area (Å²) in [5.74, 6) is 0.686. The van der Waals surface area contributed by atoms with Crippen molar-refractivity contribution in [2.24, 2.45) is 23.2 Å². The number of carbonyl (C=O) groups excluding carboxylic acids is 1. The molecule has 1 unspecified atom stereocenters. The van der Waals surface area contributed by atoms with Crippen LogP contribution in [0.25, 0.3) is 0 Å². The summed E-state index contributed by atoms with van der Waals surface area (Å²) >= 11 is 0. The first-order valence-corrected chi connectivity index (χ1v) is 8.81. The van der Waals surface area contributed by atoms with Crippen LogP contribution in [0.15, 0.2) is 12.1 Å². The highest BCUT2D eigenvalue weighted by atomic mass is 19.1. The topological polar surface area (TPSA) is 29.1 Å². The molecule has 0 amide bonds. The minimum absolute atomic E-state index is 0.216. The number of nitrogens with one attached hydrogen (secondary N) is 1. The van der Waals surface area contributed by atoms with Gasteiger partial charge >= 0.3 is 0 Å². The Morgan fingerprint density at radius 3 is 2.26 bits per heavy atom. The van der Waals surface area contributed by atoms with Gasteiger partial charge in [-0.05, 0) is 62.3 Å². The van der Waals surface area contributed by atoms with Gasteiger partial charge in [-0.1, -0.05) is 0 Å². The highest BCUT2D eigenvalue weighted by Crippen LogP contribution is 2.61. The van der Waals surface area contributed by atoms with E-state index in [9.17, 15) is 13.6 Å². The summed E-state index contributed by atoms with van der Waals surface area (Å²) < 4.78 is 27.7. The van der Waals surface area contributed by atoms with E-state index in [4.69, 9.17) is 0 Å². The van der Waals surface area contributed by atoms with Crippen molar-refractivity contribution in [3.63, 3.8) is 0 Å². The number of carbonyl (C=O) groups is 1. The second kappa shape index (κ2) is 4.55. The molecule has 0 aromatic heterocycles. The van der Waals surface area contributed by atoms with Crippen LogP contribution in [0, 0.1) is 34.8 Å². The van der Waals surface area contributed by atoms with Crippen LogP contribution in [0.2, 0.25) is 0 Å². The summed E-state index contributed by atoms with van der Waals surface area (Å²) in [5, 5.41) is 3.04. The average Bonchev–Trinajstić information content (AvgIpc) is 2.88. The number of hydrogen-bond acceptors (Lipinski definition) is 2. The van der Waals surface area contributed by atoms with Gasteiger partial charge in [0.05, 0.1) is 5.92 Å². The molecule has 5 aliphatic rings. The number of rotatable bonds is 2. The zero-order valence-electron chi connectivity index (χ0n) is 13.1. The van der Waals surface area contributed by atoms with Crippen LogP contribution in [-0.2, 0) is 4.79 Å². The van der Waals surface area contributed by atoms with Crippen molar-refractivity contribution in [3.8, 4) is 0 Å². The van der Waals surface area contributed by atoms with E-state index >= 15 is 0 Å². The van der Waals surface area contributed by atoms with Crippen LogP contribution < -0.4 is 5.32 Å². The SMILES string of the molecule is O=C(C1CNc2cc(F)cc(F)c21)C12CC3CC(CC(C3)C1)C2. The summed E-state index contributed by atoms with van der Waals surface area (Å²) in [6.45, 7) is 0.413. The molecule has 4 fully saturated rings. The van der Waals surface area contributed by atoms with E-state index in [-0.39, 0.29) is 11.2 Å². The van der Waals surface area contributed by atoms with Gasteiger partial charge in [-0.15, -0.1) is 0 Å². The van der Waals surface area contributed by atoms with E-state index in [2.05, 4.69) is 5.32 Å². The number of halogens is 2. The fraction of sp³-hybridized carbons (Fsp3) is 0.632. The number of anilines is 1. The first-order valence-electron chi connectivity index (χ1n) is 8.81. The lowest BCUT2D eigenvalue weighted by atomic mass is 9.47. The summed E-state index contributed by atoms with van der Waals surface area (Å²) in [7, 11) is 0. The smallest absolute Gasteiger partial charge is 0.148 e. The van der Waals surface area contributed by atoms with Crippen molar-refractivity contribution in [2.75, 3.05) is 11.9 Å². The van der Waals surface area contributed by atoms with Gasteiger partial charge in [0.15, 0.2) is 0 Å². The molecule has 1 aromatic carbocycles. The maximum Gasteiger partial charge on any atom is 0.148 e. The Bertz CT molecular complexity index is 664. The first kappa shape index (κ1) is 13.9. The standard InChI is InChI=1S/C19H21F2NO/c20-13-4-15(21)17-14(9-22-16(17)5-13)18(23)19-6-10-1-11(7-19)3-12(2-10)8-19/h4-5,10-12,14,22H,1-3,6-9H2. The molecule has 2 nitrogen and oxygen atoms in total. The van der Waals surface area contributed by atoms with Crippen LogP contribution in [-0.4, -0.2) is 12.3 Å². The van der Waals surface area contributed by atoms with Gasteiger partial charge in [-0.2, -0.15) is 0 Å². The van der Waals surface area contributed by atoms with Crippen molar-refractivity contribution >= 4 is 11.5 Å². The number of Topliss-reactive ketones (excluding diaryl/α,β-unsaturated/α-hetero) is 1. The van der Waals surface area contributed by atoms with Crippen LogP contribution in [0.1, 0.15) is 50.0 Å². The Morgan fingerprint density at radius 1 is 1.04 bits per heavy atom. The normalized spacial score (nSPS) is 40.1. The highest BCUT2D eigenvalue weighted by Gasteiger charge is 2.56. The quantitative estimate of drug-likeness (QED) is 0.883. The fourth-order valence-electron chi connectivity index (χ4n) is 6.41. The molecular weight excluding hydrogens is 296 g/mol. The highest BCUT2D eigenvalue weighted by molar-refractivity contribution is 5.94. The second-order valence-corrected chi connectivity index (χ2v) is 8.34. The zero-order valence-corrected chi connectivity index (χ0v) is 13.1. The molecule has 0 spiro atoms. The predicted molar refractivity (Wildman–Crippen MR) is 83.2 cm³/mol. The fourth-order valence-corrected chi connectivity index (χ4v) is 6.41. The molecule has 4 heteroatoms. The second-order valence-electron chi connectivity index (χ2n) is 8.34. The van der Waals surface area contributed by atoms with Crippen molar-refractivity contribution < 1.29 is 13.6 Å². The lowest BCUT2D eigenvalue weighted by Gasteiger charge is -2.56. The molecule has 4 saturated carbocycles. The molecule has 122 valence electrons. The van der Waals surface area contributed by atoms with Gasteiger partial charge in [0.2, 0.25) is 0 Å². The van der Waals surface area contributed by atoms with Crippen LogP contribution >= 0.6 is 0 Å². The third kappa shape index (κ3) is 1.93. The van der Waals surface area contributed by atoms with Crippen molar-refractivity contribution in [1.29, 1.82) is 0 Å². The Hall–Kier alpha value is -1.45.